The van der Waals surface area contributed by atoms with Crippen LogP contribution < -0.4 is 4.31 Å². The molecule has 1 aromatic heterocycles. The van der Waals surface area contributed by atoms with Crippen LogP contribution in [0.3, 0.4) is 0 Å². The van der Waals surface area contributed by atoms with Crippen LogP contribution in [0.25, 0.3) is 22.3 Å². The molecular weight excluding hydrogens is 446 g/mol. The Kier molecular flexibility index (Phi) is 5.45. The Labute approximate surface area is 171 Å². The molecule has 3 aromatic rings. The lowest BCUT2D eigenvalue weighted by Gasteiger charge is -2.18. The minimum Gasteiger partial charge on any atom is -0.455 e. The third kappa shape index (κ3) is 3.62. The Balaban J connectivity index is 2.29. The third-order valence-electron chi connectivity index (χ3n) is 4.50. The first-order valence-electron chi connectivity index (χ1n) is 8.46. The van der Waals surface area contributed by atoms with Crippen molar-refractivity contribution < 1.29 is 22.4 Å². The highest BCUT2D eigenvalue weighted by atomic mass is 79.9. The van der Waals surface area contributed by atoms with E-state index in [1.165, 1.54) is 7.05 Å². The summed E-state index contributed by atoms with van der Waals surface area (Å²) < 4.78 is 31.5. The van der Waals surface area contributed by atoms with Gasteiger partial charge in [0.1, 0.15) is 17.6 Å². The number of ketones is 1. The average molecular weight is 464 g/mol. The minimum atomic E-state index is -3.47. The van der Waals surface area contributed by atoms with Crippen LogP contribution in [0.5, 0.6) is 0 Å². The first kappa shape index (κ1) is 20.3. The number of Topliss-reactive ketones (excluding diaryl/α,β-unsaturated/α-hetero) is 1. The van der Waals surface area contributed by atoms with E-state index >= 15 is 0 Å². The molecule has 3 rings (SSSR count). The minimum absolute atomic E-state index is 0.0932. The number of carbonyl (C=O) groups is 2. The first-order valence-corrected chi connectivity index (χ1v) is 11.1. The summed E-state index contributed by atoms with van der Waals surface area (Å²) in [4.78, 5) is 23.6. The molecule has 0 amide bonds. The van der Waals surface area contributed by atoms with Gasteiger partial charge < -0.3 is 4.42 Å². The lowest BCUT2D eigenvalue weighted by atomic mass is 10.00. The number of furan rings is 1. The number of aldehydes is 1. The number of fused-ring (bicyclic) bond motifs is 1. The van der Waals surface area contributed by atoms with Crippen molar-refractivity contribution in [3.05, 3.63) is 52.0 Å². The summed E-state index contributed by atoms with van der Waals surface area (Å²) in [6, 6.07) is 10.0. The summed E-state index contributed by atoms with van der Waals surface area (Å²) in [5.74, 6) is 0.301. The topological polar surface area (TPSA) is 84.7 Å². The zero-order chi connectivity index (χ0) is 20.6. The maximum Gasteiger partial charge on any atom is 0.232 e. The summed E-state index contributed by atoms with van der Waals surface area (Å²) in [6.45, 7) is 1.77. The molecule has 0 bridgehead atoms. The first-order chi connectivity index (χ1) is 13.2. The molecule has 0 aliphatic carbocycles. The van der Waals surface area contributed by atoms with E-state index in [-0.39, 0.29) is 12.2 Å². The molecule has 2 aromatic carbocycles. The Bertz CT molecular complexity index is 1180. The number of hydrogen-bond acceptors (Lipinski definition) is 5. The number of halogens is 1. The monoisotopic (exact) mass is 463 g/mol. The second kappa shape index (κ2) is 7.52. The van der Waals surface area contributed by atoms with Crippen molar-refractivity contribution in [1.82, 2.24) is 0 Å². The van der Waals surface area contributed by atoms with Crippen molar-refractivity contribution in [2.45, 2.75) is 13.3 Å². The van der Waals surface area contributed by atoms with Crippen LogP contribution in [0.15, 0.2) is 45.3 Å². The predicted molar refractivity (Wildman–Crippen MR) is 113 cm³/mol. The van der Waals surface area contributed by atoms with Crippen LogP contribution in [0.1, 0.15) is 34.1 Å². The van der Waals surface area contributed by atoms with Crippen molar-refractivity contribution in [2.24, 2.45) is 0 Å². The number of hydrogen-bond donors (Lipinski definition) is 0. The molecule has 8 heteroatoms. The molecule has 0 radical (unpaired) electrons. The van der Waals surface area contributed by atoms with E-state index in [1.807, 2.05) is 0 Å². The quantitative estimate of drug-likeness (QED) is 0.391. The zero-order valence-corrected chi connectivity index (χ0v) is 17.9. The molecule has 1 heterocycles. The molecular formula is C20H18BrNO5S. The summed E-state index contributed by atoms with van der Waals surface area (Å²) in [6.07, 6.45) is 2.14. The average Bonchev–Trinajstić information content (AvgIpc) is 3.03. The number of benzene rings is 2. The molecule has 0 saturated heterocycles. The summed E-state index contributed by atoms with van der Waals surface area (Å²) in [5, 5.41) is 0.596. The molecule has 6 nitrogen and oxygen atoms in total. The highest BCUT2D eigenvalue weighted by Crippen LogP contribution is 2.39. The van der Waals surface area contributed by atoms with Gasteiger partial charge in [-0.15, -0.1) is 0 Å². The van der Waals surface area contributed by atoms with Gasteiger partial charge in [-0.05, 0) is 22.0 Å². The van der Waals surface area contributed by atoms with E-state index in [1.54, 1.807) is 43.3 Å². The zero-order valence-electron chi connectivity index (χ0n) is 15.5. The highest BCUT2D eigenvalue weighted by molar-refractivity contribution is 9.10. The van der Waals surface area contributed by atoms with E-state index in [0.29, 0.717) is 43.6 Å². The summed E-state index contributed by atoms with van der Waals surface area (Å²) in [7, 11) is -2.02. The number of anilines is 1. The Morgan fingerprint density at radius 2 is 1.86 bits per heavy atom. The molecule has 0 fully saturated rings. The van der Waals surface area contributed by atoms with Crippen LogP contribution in [0, 0.1) is 0 Å². The van der Waals surface area contributed by atoms with Gasteiger partial charge in [0.05, 0.1) is 17.5 Å². The van der Waals surface area contributed by atoms with E-state index in [0.717, 1.165) is 16.8 Å². The van der Waals surface area contributed by atoms with Gasteiger partial charge in [-0.2, -0.15) is 0 Å². The van der Waals surface area contributed by atoms with Gasteiger partial charge in [-0.25, -0.2) is 8.42 Å². The number of rotatable bonds is 6. The number of sulfonamides is 1. The molecule has 0 N–H and O–H groups in total. The third-order valence-corrected chi connectivity index (χ3v) is 6.33. The second-order valence-electron chi connectivity index (χ2n) is 6.35. The highest BCUT2D eigenvalue weighted by Gasteiger charge is 2.24. The number of nitrogens with zero attached hydrogens (tertiary/aromatic N) is 1. The van der Waals surface area contributed by atoms with Crippen molar-refractivity contribution in [1.29, 1.82) is 0 Å². The summed E-state index contributed by atoms with van der Waals surface area (Å²) >= 11 is 3.40. The fourth-order valence-corrected chi connectivity index (χ4v) is 4.13. The molecule has 28 heavy (non-hydrogen) atoms. The molecule has 0 spiro atoms. The lowest BCUT2D eigenvalue weighted by molar-refractivity contribution is 0.0989. The van der Waals surface area contributed by atoms with Crippen LogP contribution in [-0.4, -0.2) is 33.8 Å². The fraction of sp³-hybridized carbons (Fsp3) is 0.200. The molecule has 0 atom stereocenters. The van der Waals surface area contributed by atoms with Crippen molar-refractivity contribution in [2.75, 3.05) is 17.6 Å². The van der Waals surface area contributed by atoms with Crippen molar-refractivity contribution in [3.8, 4) is 11.3 Å². The SMILES string of the molecule is CCC(=O)c1c(-c2ccc(C=O)cc2)oc2cc(N(C)S(C)(=O)=O)c(Br)cc12. The fourth-order valence-electron chi connectivity index (χ4n) is 2.90. The van der Waals surface area contributed by atoms with Gasteiger partial charge in [0.25, 0.3) is 0 Å². The van der Waals surface area contributed by atoms with E-state index in [2.05, 4.69) is 15.9 Å². The van der Waals surface area contributed by atoms with Crippen LogP contribution in [0.2, 0.25) is 0 Å². The molecule has 146 valence electrons. The van der Waals surface area contributed by atoms with Gasteiger partial charge in [0.15, 0.2) is 5.78 Å². The number of carbonyl (C=O) groups excluding carboxylic acids is 2. The standard InChI is InChI=1S/C20H18BrNO5S/c1-4-17(24)19-14-9-15(21)16(22(2)28(3,25)26)10-18(14)27-20(19)13-7-5-12(11-23)6-8-13/h5-11H,4H2,1-3H3. The van der Waals surface area contributed by atoms with Gasteiger partial charge in [0.2, 0.25) is 10.0 Å². The van der Waals surface area contributed by atoms with Crippen LogP contribution >= 0.6 is 15.9 Å². The molecule has 0 aliphatic rings. The maximum absolute atomic E-state index is 12.7. The van der Waals surface area contributed by atoms with Crippen LogP contribution in [0.4, 0.5) is 5.69 Å². The lowest BCUT2D eigenvalue weighted by Crippen LogP contribution is -2.25. The Hall–Kier alpha value is -2.45. The molecule has 0 unspecified atom stereocenters. The van der Waals surface area contributed by atoms with Gasteiger partial charge in [-0.1, -0.05) is 31.2 Å². The smallest absolute Gasteiger partial charge is 0.232 e. The largest absolute Gasteiger partial charge is 0.455 e. The normalized spacial score (nSPS) is 11.6. The molecule has 0 aliphatic heterocycles. The van der Waals surface area contributed by atoms with Gasteiger partial charge in [0, 0.05) is 40.5 Å². The van der Waals surface area contributed by atoms with Crippen molar-refractivity contribution in [3.63, 3.8) is 0 Å². The van der Waals surface area contributed by atoms with Gasteiger partial charge in [-0.3, -0.25) is 13.9 Å². The van der Waals surface area contributed by atoms with Crippen LogP contribution in [-0.2, 0) is 10.0 Å². The predicted octanol–water partition coefficient (Wildman–Crippen LogP) is 4.66. The molecule has 0 saturated carbocycles. The van der Waals surface area contributed by atoms with E-state index in [4.69, 9.17) is 4.42 Å². The van der Waals surface area contributed by atoms with Gasteiger partial charge >= 0.3 is 0 Å². The van der Waals surface area contributed by atoms with Crippen molar-refractivity contribution >= 4 is 54.7 Å². The second-order valence-corrected chi connectivity index (χ2v) is 9.22. The Morgan fingerprint density at radius 1 is 1.21 bits per heavy atom. The van der Waals surface area contributed by atoms with E-state index < -0.39 is 10.0 Å². The maximum atomic E-state index is 12.7. The van der Waals surface area contributed by atoms with E-state index in [9.17, 15) is 18.0 Å². The summed E-state index contributed by atoms with van der Waals surface area (Å²) in [5.41, 5.74) is 2.42. The Morgan fingerprint density at radius 3 is 2.39 bits per heavy atom.